The van der Waals surface area contributed by atoms with E-state index in [0.717, 1.165) is 48.6 Å². The lowest BCUT2D eigenvalue weighted by Crippen LogP contribution is -2.38. The Labute approximate surface area is 186 Å². The number of nitrogens with zero attached hydrogens (tertiary/aromatic N) is 5. The number of hydrogen-bond donors (Lipinski definition) is 0. The van der Waals surface area contributed by atoms with Crippen molar-refractivity contribution in [2.75, 3.05) is 24.5 Å². The lowest BCUT2D eigenvalue weighted by Gasteiger charge is -2.32. The van der Waals surface area contributed by atoms with Crippen LogP contribution in [0.3, 0.4) is 0 Å². The lowest BCUT2D eigenvalue weighted by atomic mass is 10.1. The number of fused-ring (bicyclic) bond motifs is 1. The van der Waals surface area contributed by atoms with Crippen molar-refractivity contribution in [3.63, 3.8) is 0 Å². The monoisotopic (exact) mass is 455 g/mol. The summed E-state index contributed by atoms with van der Waals surface area (Å²) in [7, 11) is -3.51. The van der Waals surface area contributed by atoms with Crippen LogP contribution in [0.15, 0.2) is 46.2 Å². The molecular formula is C22H25N5O2S2. The van der Waals surface area contributed by atoms with Crippen LogP contribution in [0.1, 0.15) is 36.9 Å². The molecule has 0 aromatic carbocycles. The molecule has 0 unspecified atom stereocenters. The number of thiophene rings is 1. The fourth-order valence-corrected chi connectivity index (χ4v) is 6.84. The summed E-state index contributed by atoms with van der Waals surface area (Å²) in [6.45, 7) is 2.62. The topological polar surface area (TPSA) is 79.3 Å². The highest BCUT2D eigenvalue weighted by atomic mass is 32.2. The van der Waals surface area contributed by atoms with Crippen LogP contribution in [-0.4, -0.2) is 47.3 Å². The van der Waals surface area contributed by atoms with E-state index >= 15 is 0 Å². The van der Waals surface area contributed by atoms with Crippen molar-refractivity contribution in [3.8, 4) is 11.4 Å². The Morgan fingerprint density at radius 3 is 2.52 bits per heavy atom. The van der Waals surface area contributed by atoms with E-state index < -0.39 is 10.0 Å². The quantitative estimate of drug-likeness (QED) is 0.596. The van der Waals surface area contributed by atoms with E-state index in [1.54, 1.807) is 34.2 Å². The van der Waals surface area contributed by atoms with Crippen LogP contribution in [-0.2, 0) is 23.0 Å². The summed E-state index contributed by atoms with van der Waals surface area (Å²) < 4.78 is 28.3. The molecule has 7 nitrogen and oxygen atoms in total. The second-order valence-corrected chi connectivity index (χ2v) is 11.1. The first-order valence-corrected chi connectivity index (χ1v) is 13.0. The largest absolute Gasteiger partial charge is 0.356 e. The zero-order valence-corrected chi connectivity index (χ0v) is 18.9. The average Bonchev–Trinajstić information content (AvgIpc) is 3.23. The van der Waals surface area contributed by atoms with E-state index in [0.29, 0.717) is 29.5 Å². The molecule has 1 fully saturated rings. The molecular weight excluding hydrogens is 430 g/mol. The van der Waals surface area contributed by atoms with E-state index in [2.05, 4.69) is 9.88 Å². The molecule has 31 heavy (non-hydrogen) atoms. The van der Waals surface area contributed by atoms with Gasteiger partial charge < -0.3 is 4.90 Å². The molecule has 0 atom stereocenters. The fraction of sp³-hybridized carbons (Fsp3) is 0.409. The van der Waals surface area contributed by atoms with Gasteiger partial charge in [-0.15, -0.1) is 11.3 Å². The minimum Gasteiger partial charge on any atom is -0.356 e. The van der Waals surface area contributed by atoms with Crippen LogP contribution in [0.2, 0.25) is 0 Å². The Morgan fingerprint density at radius 1 is 0.968 bits per heavy atom. The van der Waals surface area contributed by atoms with Crippen LogP contribution in [0.5, 0.6) is 0 Å². The highest BCUT2D eigenvalue weighted by Gasteiger charge is 2.33. The maximum absolute atomic E-state index is 13.2. The number of rotatable bonds is 4. The van der Waals surface area contributed by atoms with Crippen LogP contribution < -0.4 is 4.90 Å². The number of sulfonamides is 1. The van der Waals surface area contributed by atoms with Gasteiger partial charge in [0.2, 0.25) is 0 Å². The summed E-state index contributed by atoms with van der Waals surface area (Å²) in [5.41, 5.74) is 2.78. The van der Waals surface area contributed by atoms with E-state index in [1.165, 1.54) is 24.2 Å². The van der Waals surface area contributed by atoms with Gasteiger partial charge in [0.25, 0.3) is 10.0 Å². The first kappa shape index (κ1) is 20.5. The van der Waals surface area contributed by atoms with Gasteiger partial charge in [-0.2, -0.15) is 4.31 Å². The third kappa shape index (κ3) is 4.09. The molecule has 0 bridgehead atoms. The standard InChI is InChI=1S/C22H25N5O2S2/c28-31(29,20-8-6-14-30-20)27-13-9-19-18(16-27)22(26-11-3-1-2-4-12-26)25-21(24-19)17-7-5-10-23-15-17/h5-8,10,14-15H,1-4,9,11-13,16H2. The smallest absolute Gasteiger partial charge is 0.252 e. The molecule has 5 heterocycles. The molecule has 0 radical (unpaired) electrons. The molecule has 0 spiro atoms. The molecule has 0 amide bonds. The SMILES string of the molecule is O=S(=O)(c1cccs1)N1CCc2nc(-c3cccnc3)nc(N3CCCCCC3)c2C1. The van der Waals surface area contributed by atoms with Crippen molar-refractivity contribution < 1.29 is 8.42 Å². The highest BCUT2D eigenvalue weighted by molar-refractivity contribution is 7.91. The zero-order valence-electron chi connectivity index (χ0n) is 17.3. The Morgan fingerprint density at radius 2 is 1.81 bits per heavy atom. The number of anilines is 1. The molecule has 162 valence electrons. The summed E-state index contributed by atoms with van der Waals surface area (Å²) in [5.74, 6) is 1.55. The summed E-state index contributed by atoms with van der Waals surface area (Å²) in [4.78, 5) is 16.4. The van der Waals surface area contributed by atoms with Gasteiger partial charge in [-0.3, -0.25) is 4.98 Å². The molecule has 1 saturated heterocycles. The number of aromatic nitrogens is 3. The number of hydrogen-bond acceptors (Lipinski definition) is 7. The normalized spacial score (nSPS) is 17.9. The van der Waals surface area contributed by atoms with Crippen molar-refractivity contribution >= 4 is 27.2 Å². The van der Waals surface area contributed by atoms with Crippen LogP contribution >= 0.6 is 11.3 Å². The Kier molecular flexibility index (Phi) is 5.73. The van der Waals surface area contributed by atoms with Gasteiger partial charge in [-0.25, -0.2) is 18.4 Å². The predicted molar refractivity (Wildman–Crippen MR) is 122 cm³/mol. The van der Waals surface area contributed by atoms with Gasteiger partial charge in [0.05, 0.1) is 5.69 Å². The van der Waals surface area contributed by atoms with Crippen LogP contribution in [0, 0.1) is 0 Å². The van der Waals surface area contributed by atoms with Crippen LogP contribution in [0.4, 0.5) is 5.82 Å². The van der Waals surface area contributed by atoms with Crippen molar-refractivity contribution in [3.05, 3.63) is 53.3 Å². The Bertz CT molecular complexity index is 1140. The van der Waals surface area contributed by atoms with Crippen molar-refractivity contribution in [2.45, 2.75) is 42.9 Å². The second kappa shape index (κ2) is 8.64. The molecule has 0 N–H and O–H groups in total. The third-order valence-electron chi connectivity index (χ3n) is 5.92. The minimum atomic E-state index is -3.51. The summed E-state index contributed by atoms with van der Waals surface area (Å²) in [6.07, 6.45) is 8.79. The summed E-state index contributed by atoms with van der Waals surface area (Å²) >= 11 is 1.26. The maximum atomic E-state index is 13.2. The van der Waals surface area contributed by atoms with E-state index in [-0.39, 0.29) is 0 Å². The molecule has 2 aliphatic heterocycles. The summed E-state index contributed by atoms with van der Waals surface area (Å²) in [6, 6.07) is 7.31. The Hall–Kier alpha value is -2.36. The van der Waals surface area contributed by atoms with Crippen LogP contribution in [0.25, 0.3) is 11.4 Å². The van der Waals surface area contributed by atoms with Gasteiger partial charge in [-0.1, -0.05) is 18.9 Å². The lowest BCUT2D eigenvalue weighted by molar-refractivity contribution is 0.388. The molecule has 5 rings (SSSR count). The molecule has 0 aliphatic carbocycles. The molecule has 2 aliphatic rings. The van der Waals surface area contributed by atoms with Gasteiger partial charge in [0, 0.05) is 56.1 Å². The summed E-state index contributed by atoms with van der Waals surface area (Å²) in [5, 5.41) is 1.80. The van der Waals surface area contributed by atoms with E-state index in [1.807, 2.05) is 12.1 Å². The van der Waals surface area contributed by atoms with E-state index in [4.69, 9.17) is 9.97 Å². The first-order chi connectivity index (χ1) is 15.1. The van der Waals surface area contributed by atoms with Crippen molar-refractivity contribution in [1.82, 2.24) is 19.3 Å². The second-order valence-electron chi connectivity index (χ2n) is 7.96. The zero-order chi connectivity index (χ0) is 21.3. The minimum absolute atomic E-state index is 0.314. The van der Waals surface area contributed by atoms with Gasteiger partial charge in [-0.05, 0) is 36.4 Å². The molecule has 3 aromatic rings. The molecule has 0 saturated carbocycles. The molecule has 9 heteroatoms. The van der Waals surface area contributed by atoms with Crippen molar-refractivity contribution in [2.24, 2.45) is 0 Å². The number of pyridine rings is 1. The molecule has 3 aromatic heterocycles. The van der Waals surface area contributed by atoms with Crippen molar-refractivity contribution in [1.29, 1.82) is 0 Å². The van der Waals surface area contributed by atoms with E-state index in [9.17, 15) is 8.42 Å². The fourth-order valence-electron chi connectivity index (χ4n) is 4.28. The maximum Gasteiger partial charge on any atom is 0.252 e. The van der Waals surface area contributed by atoms with Gasteiger partial charge >= 0.3 is 0 Å². The first-order valence-electron chi connectivity index (χ1n) is 10.7. The third-order valence-corrected chi connectivity index (χ3v) is 9.14. The average molecular weight is 456 g/mol. The van der Waals surface area contributed by atoms with Gasteiger partial charge in [0.1, 0.15) is 10.0 Å². The highest BCUT2D eigenvalue weighted by Crippen LogP contribution is 2.33. The predicted octanol–water partition coefficient (Wildman–Crippen LogP) is 3.73. The van der Waals surface area contributed by atoms with Gasteiger partial charge in [0.15, 0.2) is 5.82 Å². The Balaban J connectivity index is 1.57.